The minimum absolute atomic E-state index is 0.0741. The van der Waals surface area contributed by atoms with Gasteiger partial charge in [-0.2, -0.15) is 0 Å². The zero-order chi connectivity index (χ0) is 7.28. The molecule has 2 nitrogen and oxygen atoms in total. The summed E-state index contributed by atoms with van der Waals surface area (Å²) in [6.45, 7) is 4.67. The molecule has 9 heavy (non-hydrogen) atoms. The van der Waals surface area contributed by atoms with E-state index in [1.807, 2.05) is 0 Å². The van der Waals surface area contributed by atoms with Gasteiger partial charge < -0.3 is 10.5 Å². The minimum Gasteiger partial charge on any atom is -0.330 e. The molecule has 0 aromatic heterocycles. The Morgan fingerprint density at radius 1 is 1.56 bits per heavy atom. The van der Waals surface area contributed by atoms with Gasteiger partial charge in [0.05, 0.1) is 0 Å². The van der Waals surface area contributed by atoms with Crippen molar-refractivity contribution in [2.45, 2.75) is 20.3 Å². The highest BCUT2D eigenvalue weighted by Gasteiger charge is 2.05. The monoisotopic (exact) mass is 129 g/mol. The number of hydrogen-bond acceptors (Lipinski definition) is 2. The molecule has 0 aromatic rings. The molecular weight excluding hydrogens is 114 g/mol. The van der Waals surface area contributed by atoms with Gasteiger partial charge in [-0.05, 0) is 12.3 Å². The van der Waals surface area contributed by atoms with E-state index in [9.17, 15) is 4.79 Å². The predicted molar refractivity (Wildman–Crippen MR) is 38.1 cm³/mol. The molecule has 0 aliphatic carbocycles. The van der Waals surface area contributed by atoms with Gasteiger partial charge in [0.25, 0.3) is 0 Å². The lowest BCUT2D eigenvalue weighted by molar-refractivity contribution is -0.111. The largest absolute Gasteiger partial charge is 0.330 e. The second-order valence-electron chi connectivity index (χ2n) is 2.76. The van der Waals surface area contributed by atoms with Crippen molar-refractivity contribution in [1.82, 2.24) is 0 Å². The number of carbonyl (C=O) groups is 1. The van der Waals surface area contributed by atoms with E-state index in [1.54, 1.807) is 0 Å². The Hall–Kier alpha value is -0.370. The molecule has 1 atom stereocenters. The van der Waals surface area contributed by atoms with Crippen molar-refractivity contribution in [1.29, 1.82) is 0 Å². The molecule has 0 amide bonds. The van der Waals surface area contributed by atoms with Crippen LogP contribution in [0.3, 0.4) is 0 Å². The third kappa shape index (κ3) is 4.15. The quantitative estimate of drug-likeness (QED) is 0.571. The van der Waals surface area contributed by atoms with Crippen LogP contribution >= 0.6 is 0 Å². The predicted octanol–water partition coefficient (Wildman–Crippen LogP) is 0.806. The number of nitrogens with two attached hydrogens (primary N) is 1. The van der Waals surface area contributed by atoms with Crippen LogP contribution in [0, 0.1) is 11.8 Å². The summed E-state index contributed by atoms with van der Waals surface area (Å²) in [5.41, 5.74) is 5.30. The fourth-order valence-corrected chi connectivity index (χ4v) is 0.813. The van der Waals surface area contributed by atoms with Gasteiger partial charge in [-0.1, -0.05) is 13.8 Å². The molecule has 0 rings (SSSR count). The fourth-order valence-electron chi connectivity index (χ4n) is 0.813. The Balaban J connectivity index is 3.42. The van der Waals surface area contributed by atoms with Crippen LogP contribution in [0.15, 0.2) is 0 Å². The standard InChI is InChI=1S/C7H15NO/c1-6(2)3-7(4-8)5-9/h5-7H,3-4,8H2,1-2H3. The van der Waals surface area contributed by atoms with Crippen LogP contribution in [0.5, 0.6) is 0 Å². The van der Waals surface area contributed by atoms with Crippen LogP contribution in [0.1, 0.15) is 20.3 Å². The first kappa shape index (κ1) is 8.63. The summed E-state index contributed by atoms with van der Waals surface area (Å²) in [6, 6.07) is 0. The summed E-state index contributed by atoms with van der Waals surface area (Å²) in [4.78, 5) is 10.2. The molecule has 0 aromatic carbocycles. The zero-order valence-corrected chi connectivity index (χ0v) is 6.13. The summed E-state index contributed by atoms with van der Waals surface area (Å²) in [5.74, 6) is 0.647. The van der Waals surface area contributed by atoms with Crippen LogP contribution in [0.2, 0.25) is 0 Å². The summed E-state index contributed by atoms with van der Waals surface area (Å²) >= 11 is 0. The molecule has 54 valence electrons. The Morgan fingerprint density at radius 2 is 2.11 bits per heavy atom. The second kappa shape index (κ2) is 4.50. The molecule has 2 heteroatoms. The van der Waals surface area contributed by atoms with Crippen molar-refractivity contribution in [3.63, 3.8) is 0 Å². The van der Waals surface area contributed by atoms with E-state index in [0.717, 1.165) is 12.7 Å². The van der Waals surface area contributed by atoms with E-state index in [0.29, 0.717) is 12.5 Å². The molecular formula is C7H15NO. The first-order valence-electron chi connectivity index (χ1n) is 3.36. The number of carbonyl (C=O) groups excluding carboxylic acids is 1. The van der Waals surface area contributed by atoms with Crippen LogP contribution in [0.25, 0.3) is 0 Å². The fraction of sp³-hybridized carbons (Fsp3) is 0.857. The lowest BCUT2D eigenvalue weighted by Crippen LogP contribution is -2.17. The van der Waals surface area contributed by atoms with Gasteiger partial charge in [0.2, 0.25) is 0 Å². The third-order valence-corrected chi connectivity index (χ3v) is 1.27. The molecule has 0 radical (unpaired) electrons. The summed E-state index contributed by atoms with van der Waals surface area (Å²) < 4.78 is 0. The van der Waals surface area contributed by atoms with Gasteiger partial charge in [-0.15, -0.1) is 0 Å². The van der Waals surface area contributed by atoms with Gasteiger partial charge in [0.1, 0.15) is 6.29 Å². The van der Waals surface area contributed by atoms with Crippen LogP contribution in [0.4, 0.5) is 0 Å². The first-order chi connectivity index (χ1) is 4.20. The van der Waals surface area contributed by atoms with Crippen molar-refractivity contribution in [3.05, 3.63) is 0 Å². The maximum absolute atomic E-state index is 10.2. The highest BCUT2D eigenvalue weighted by Crippen LogP contribution is 2.06. The maximum atomic E-state index is 10.2. The van der Waals surface area contributed by atoms with Gasteiger partial charge >= 0.3 is 0 Å². The average Bonchev–Trinajstić information content (AvgIpc) is 1.82. The summed E-state index contributed by atoms with van der Waals surface area (Å²) in [7, 11) is 0. The van der Waals surface area contributed by atoms with E-state index < -0.39 is 0 Å². The van der Waals surface area contributed by atoms with Gasteiger partial charge in [0.15, 0.2) is 0 Å². The van der Waals surface area contributed by atoms with Crippen molar-refractivity contribution >= 4 is 6.29 Å². The minimum atomic E-state index is 0.0741. The SMILES string of the molecule is CC(C)CC(C=O)CN. The van der Waals surface area contributed by atoms with E-state index >= 15 is 0 Å². The molecule has 1 unspecified atom stereocenters. The Morgan fingerprint density at radius 3 is 2.22 bits per heavy atom. The molecule has 0 aliphatic heterocycles. The first-order valence-corrected chi connectivity index (χ1v) is 3.36. The van der Waals surface area contributed by atoms with Crippen LogP contribution in [-0.4, -0.2) is 12.8 Å². The molecule has 0 saturated heterocycles. The number of hydrogen-bond donors (Lipinski definition) is 1. The van der Waals surface area contributed by atoms with Crippen molar-refractivity contribution in [2.75, 3.05) is 6.54 Å². The van der Waals surface area contributed by atoms with E-state index in [2.05, 4.69) is 13.8 Å². The van der Waals surface area contributed by atoms with Gasteiger partial charge in [0, 0.05) is 12.5 Å². The number of aldehydes is 1. The molecule has 0 aliphatic rings. The second-order valence-corrected chi connectivity index (χ2v) is 2.76. The summed E-state index contributed by atoms with van der Waals surface area (Å²) in [6.07, 6.45) is 1.86. The highest BCUT2D eigenvalue weighted by molar-refractivity contribution is 5.53. The Labute approximate surface area is 56.4 Å². The van der Waals surface area contributed by atoms with Crippen molar-refractivity contribution in [2.24, 2.45) is 17.6 Å². The lowest BCUT2D eigenvalue weighted by Gasteiger charge is -2.08. The Kier molecular flexibility index (Phi) is 4.32. The maximum Gasteiger partial charge on any atom is 0.124 e. The smallest absolute Gasteiger partial charge is 0.124 e. The third-order valence-electron chi connectivity index (χ3n) is 1.27. The molecule has 0 heterocycles. The van der Waals surface area contributed by atoms with Crippen molar-refractivity contribution < 1.29 is 4.79 Å². The van der Waals surface area contributed by atoms with Crippen LogP contribution < -0.4 is 5.73 Å². The molecule has 0 saturated carbocycles. The molecule has 0 spiro atoms. The lowest BCUT2D eigenvalue weighted by atomic mass is 9.99. The topological polar surface area (TPSA) is 43.1 Å². The van der Waals surface area contributed by atoms with Gasteiger partial charge in [-0.25, -0.2) is 0 Å². The normalized spacial score (nSPS) is 13.8. The summed E-state index contributed by atoms with van der Waals surface area (Å²) in [5, 5.41) is 0. The molecule has 0 fully saturated rings. The molecule has 2 N–H and O–H groups in total. The van der Waals surface area contributed by atoms with E-state index in [-0.39, 0.29) is 5.92 Å². The molecule has 0 bridgehead atoms. The van der Waals surface area contributed by atoms with E-state index in [4.69, 9.17) is 5.73 Å². The zero-order valence-electron chi connectivity index (χ0n) is 6.13. The number of rotatable bonds is 4. The van der Waals surface area contributed by atoms with Crippen LogP contribution in [-0.2, 0) is 4.79 Å². The average molecular weight is 129 g/mol. The Bertz CT molecular complexity index is 81.0. The van der Waals surface area contributed by atoms with Crippen molar-refractivity contribution in [3.8, 4) is 0 Å². The van der Waals surface area contributed by atoms with Gasteiger partial charge in [-0.3, -0.25) is 0 Å². The van der Waals surface area contributed by atoms with E-state index in [1.165, 1.54) is 0 Å². The highest BCUT2D eigenvalue weighted by atomic mass is 16.1.